The molecule has 19 heavy (non-hydrogen) atoms. The number of ether oxygens (including phenoxy) is 2. The summed E-state index contributed by atoms with van der Waals surface area (Å²) in [4.78, 5) is 0. The second-order valence-corrected chi connectivity index (χ2v) is 6.15. The summed E-state index contributed by atoms with van der Waals surface area (Å²) in [6.07, 6.45) is 3.70. The lowest BCUT2D eigenvalue weighted by molar-refractivity contribution is -0.00438. The zero-order valence-corrected chi connectivity index (χ0v) is 12.8. The van der Waals surface area contributed by atoms with E-state index in [4.69, 9.17) is 9.47 Å². The van der Waals surface area contributed by atoms with Crippen LogP contribution in [0.15, 0.2) is 22.7 Å². The highest BCUT2D eigenvalue weighted by atomic mass is 79.9. The van der Waals surface area contributed by atoms with Crippen molar-refractivity contribution in [1.29, 1.82) is 0 Å². The van der Waals surface area contributed by atoms with E-state index in [1.807, 2.05) is 0 Å². The number of hydrogen-bond acceptors (Lipinski definition) is 3. The van der Waals surface area contributed by atoms with Gasteiger partial charge in [-0.3, -0.25) is 0 Å². The number of rotatable bonds is 3. The molecule has 0 aromatic heterocycles. The summed E-state index contributed by atoms with van der Waals surface area (Å²) in [7, 11) is 0. The number of nitrogens with one attached hydrogen (secondary N) is 1. The van der Waals surface area contributed by atoms with E-state index in [1.54, 1.807) is 0 Å². The van der Waals surface area contributed by atoms with Gasteiger partial charge >= 0.3 is 0 Å². The number of fused-ring (bicyclic) bond motifs is 1. The summed E-state index contributed by atoms with van der Waals surface area (Å²) in [5.74, 6) is 0.993. The van der Waals surface area contributed by atoms with Gasteiger partial charge in [0.25, 0.3) is 0 Å². The van der Waals surface area contributed by atoms with Crippen LogP contribution >= 0.6 is 15.9 Å². The van der Waals surface area contributed by atoms with E-state index in [1.165, 1.54) is 5.56 Å². The van der Waals surface area contributed by atoms with Gasteiger partial charge in [-0.25, -0.2) is 0 Å². The molecular formula is C15H20BrNO2. The maximum Gasteiger partial charge on any atom is 0.127 e. The Morgan fingerprint density at radius 3 is 3.00 bits per heavy atom. The van der Waals surface area contributed by atoms with Crippen molar-refractivity contribution in [2.24, 2.45) is 0 Å². The molecule has 3 nitrogen and oxygen atoms in total. The van der Waals surface area contributed by atoms with Gasteiger partial charge in [-0.05, 0) is 31.5 Å². The van der Waals surface area contributed by atoms with E-state index < -0.39 is 0 Å². The predicted molar refractivity (Wildman–Crippen MR) is 78.6 cm³/mol. The van der Waals surface area contributed by atoms with E-state index in [0.717, 1.165) is 42.6 Å². The molecule has 0 saturated carbocycles. The molecule has 0 bridgehead atoms. The SMILES string of the molecule is CCNC1CC(C2CCCO2)Oc2cc(Br)ccc21. The summed E-state index contributed by atoms with van der Waals surface area (Å²) in [6.45, 7) is 4.00. The molecule has 0 radical (unpaired) electrons. The van der Waals surface area contributed by atoms with Crippen LogP contribution < -0.4 is 10.1 Å². The van der Waals surface area contributed by atoms with Crippen LogP contribution in [0.3, 0.4) is 0 Å². The molecule has 3 rings (SSSR count). The zero-order chi connectivity index (χ0) is 13.2. The van der Waals surface area contributed by atoms with Crippen molar-refractivity contribution < 1.29 is 9.47 Å². The second-order valence-electron chi connectivity index (χ2n) is 5.24. The van der Waals surface area contributed by atoms with E-state index in [2.05, 4.69) is 46.4 Å². The maximum atomic E-state index is 6.18. The van der Waals surface area contributed by atoms with Gasteiger partial charge < -0.3 is 14.8 Å². The molecule has 0 spiro atoms. The van der Waals surface area contributed by atoms with E-state index in [-0.39, 0.29) is 12.2 Å². The van der Waals surface area contributed by atoms with Crippen LogP contribution in [-0.4, -0.2) is 25.4 Å². The van der Waals surface area contributed by atoms with Crippen molar-refractivity contribution in [3.8, 4) is 5.75 Å². The Balaban J connectivity index is 1.86. The zero-order valence-electron chi connectivity index (χ0n) is 11.2. The summed E-state index contributed by atoms with van der Waals surface area (Å²) in [5.41, 5.74) is 1.26. The van der Waals surface area contributed by atoms with Crippen molar-refractivity contribution >= 4 is 15.9 Å². The van der Waals surface area contributed by atoms with Crippen molar-refractivity contribution in [3.05, 3.63) is 28.2 Å². The lowest BCUT2D eigenvalue weighted by atomic mass is 9.93. The van der Waals surface area contributed by atoms with E-state index >= 15 is 0 Å². The summed E-state index contributed by atoms with van der Waals surface area (Å²) in [5, 5.41) is 3.56. The quantitative estimate of drug-likeness (QED) is 0.923. The molecule has 0 amide bonds. The largest absolute Gasteiger partial charge is 0.487 e. The summed E-state index contributed by atoms with van der Waals surface area (Å²) in [6, 6.07) is 6.68. The van der Waals surface area contributed by atoms with Crippen molar-refractivity contribution in [1.82, 2.24) is 5.32 Å². The molecule has 4 heteroatoms. The molecule has 1 fully saturated rings. The highest BCUT2D eigenvalue weighted by Crippen LogP contribution is 2.39. The van der Waals surface area contributed by atoms with Gasteiger partial charge in [0, 0.05) is 29.1 Å². The summed E-state index contributed by atoms with van der Waals surface area (Å²) < 4.78 is 13.0. The fourth-order valence-electron chi connectivity index (χ4n) is 3.03. The first-order valence-electron chi connectivity index (χ1n) is 7.09. The standard InChI is InChI=1S/C15H20BrNO2/c1-2-17-12-9-15(13-4-3-7-18-13)19-14-8-10(16)5-6-11(12)14/h5-6,8,12-13,15,17H,2-4,7,9H2,1H3. The van der Waals surface area contributed by atoms with Gasteiger partial charge in [0.15, 0.2) is 0 Å². The molecule has 0 aliphatic carbocycles. The van der Waals surface area contributed by atoms with Crippen LogP contribution in [0.4, 0.5) is 0 Å². The first-order chi connectivity index (χ1) is 9.28. The molecule has 3 unspecified atom stereocenters. The number of hydrogen-bond donors (Lipinski definition) is 1. The van der Waals surface area contributed by atoms with Crippen molar-refractivity contribution in [3.63, 3.8) is 0 Å². The molecule has 1 aromatic rings. The highest BCUT2D eigenvalue weighted by molar-refractivity contribution is 9.10. The molecule has 104 valence electrons. The first kappa shape index (κ1) is 13.4. The predicted octanol–water partition coefficient (Wildman–Crippen LogP) is 3.43. The minimum absolute atomic E-state index is 0.174. The molecule has 3 atom stereocenters. The van der Waals surface area contributed by atoms with E-state index in [0.29, 0.717) is 6.04 Å². The van der Waals surface area contributed by atoms with Crippen LogP contribution in [0, 0.1) is 0 Å². The number of benzene rings is 1. The fourth-order valence-corrected chi connectivity index (χ4v) is 3.37. The molecule has 1 saturated heterocycles. The van der Waals surface area contributed by atoms with Crippen molar-refractivity contribution in [2.75, 3.05) is 13.2 Å². The molecule has 1 N–H and O–H groups in total. The molecule has 2 aliphatic rings. The van der Waals surface area contributed by atoms with Gasteiger partial charge in [-0.1, -0.05) is 28.9 Å². The third-order valence-corrected chi connectivity index (χ3v) is 4.42. The molecule has 2 heterocycles. The summed E-state index contributed by atoms with van der Waals surface area (Å²) >= 11 is 3.52. The lowest BCUT2D eigenvalue weighted by Crippen LogP contribution is -2.39. The average Bonchev–Trinajstić information content (AvgIpc) is 2.92. The van der Waals surface area contributed by atoms with Gasteiger partial charge in [-0.15, -0.1) is 0 Å². The third kappa shape index (κ3) is 2.81. The fraction of sp³-hybridized carbons (Fsp3) is 0.600. The van der Waals surface area contributed by atoms with Gasteiger partial charge in [0.2, 0.25) is 0 Å². The van der Waals surface area contributed by atoms with Crippen molar-refractivity contribution in [2.45, 2.75) is 44.4 Å². The Hall–Kier alpha value is -0.580. The minimum atomic E-state index is 0.174. The monoisotopic (exact) mass is 325 g/mol. The topological polar surface area (TPSA) is 30.5 Å². The van der Waals surface area contributed by atoms with Gasteiger partial charge in [0.1, 0.15) is 11.9 Å². The maximum absolute atomic E-state index is 6.18. The van der Waals surface area contributed by atoms with Gasteiger partial charge in [-0.2, -0.15) is 0 Å². The van der Waals surface area contributed by atoms with Crippen LogP contribution in [0.5, 0.6) is 5.75 Å². The third-order valence-electron chi connectivity index (χ3n) is 3.93. The lowest BCUT2D eigenvalue weighted by Gasteiger charge is -2.35. The Labute approximate surface area is 122 Å². The average molecular weight is 326 g/mol. The molecule has 2 aliphatic heterocycles. The normalized spacial score (nSPS) is 29.9. The van der Waals surface area contributed by atoms with Crippen LogP contribution in [0.1, 0.15) is 37.8 Å². The highest BCUT2D eigenvalue weighted by Gasteiger charge is 2.35. The van der Waals surface area contributed by atoms with Gasteiger partial charge in [0.05, 0.1) is 6.10 Å². The van der Waals surface area contributed by atoms with Crippen LogP contribution in [0.2, 0.25) is 0 Å². The minimum Gasteiger partial charge on any atom is -0.487 e. The van der Waals surface area contributed by atoms with E-state index in [9.17, 15) is 0 Å². The Bertz CT molecular complexity index is 446. The Kier molecular flexibility index (Phi) is 4.10. The Morgan fingerprint density at radius 2 is 2.26 bits per heavy atom. The Morgan fingerprint density at radius 1 is 1.37 bits per heavy atom. The smallest absolute Gasteiger partial charge is 0.127 e. The molecular weight excluding hydrogens is 306 g/mol. The first-order valence-corrected chi connectivity index (χ1v) is 7.88. The number of halogens is 1. The van der Waals surface area contributed by atoms with Crippen LogP contribution in [-0.2, 0) is 4.74 Å². The molecule has 1 aromatic carbocycles. The van der Waals surface area contributed by atoms with Crippen LogP contribution in [0.25, 0.3) is 0 Å². The second kappa shape index (κ2) is 5.81.